The Bertz CT molecular complexity index is 561. The van der Waals surface area contributed by atoms with Gasteiger partial charge in [0.1, 0.15) is 0 Å². The van der Waals surface area contributed by atoms with Gasteiger partial charge in [-0.25, -0.2) is 0 Å². The lowest BCUT2D eigenvalue weighted by Gasteiger charge is -2.30. The molecule has 1 N–H and O–H groups in total. The molecule has 6 nitrogen and oxygen atoms in total. The molecular weight excluding hydrogens is 318 g/mol. The molecule has 1 aliphatic heterocycles. The van der Waals surface area contributed by atoms with Gasteiger partial charge in [-0.05, 0) is 32.2 Å². The molecule has 7 heteroatoms. The zero-order valence-electron chi connectivity index (χ0n) is 13.4. The molecule has 0 aromatic heterocycles. The van der Waals surface area contributed by atoms with E-state index in [0.29, 0.717) is 37.0 Å². The van der Waals surface area contributed by atoms with Crippen LogP contribution in [0.4, 0.5) is 5.69 Å². The lowest BCUT2D eigenvalue weighted by molar-refractivity contribution is -0.137. The molecule has 1 saturated heterocycles. The van der Waals surface area contributed by atoms with Gasteiger partial charge in [0.05, 0.1) is 25.8 Å². The molecule has 0 spiro atoms. The maximum Gasteiger partial charge on any atom is 0.241 e. The van der Waals surface area contributed by atoms with Crippen molar-refractivity contribution in [3.05, 3.63) is 29.3 Å². The molecule has 0 radical (unpaired) electrons. The van der Waals surface area contributed by atoms with Crippen LogP contribution in [0.3, 0.4) is 0 Å². The van der Waals surface area contributed by atoms with Crippen molar-refractivity contribution in [3.63, 3.8) is 0 Å². The van der Waals surface area contributed by atoms with E-state index in [2.05, 4.69) is 5.32 Å². The quantitative estimate of drug-likeness (QED) is 0.882. The SMILES string of the molecule is C[C@@H](C(=O)Nc1cccc(Cl)c1)N(C)CC(=O)N1CCOCC1. The van der Waals surface area contributed by atoms with Gasteiger partial charge in [-0.15, -0.1) is 0 Å². The summed E-state index contributed by atoms with van der Waals surface area (Å²) in [5.41, 5.74) is 0.641. The summed E-state index contributed by atoms with van der Waals surface area (Å²) >= 11 is 5.90. The Morgan fingerprint density at radius 1 is 1.39 bits per heavy atom. The Morgan fingerprint density at radius 3 is 2.74 bits per heavy atom. The van der Waals surface area contributed by atoms with Gasteiger partial charge in [-0.3, -0.25) is 14.5 Å². The fourth-order valence-electron chi connectivity index (χ4n) is 2.28. The number of amides is 2. The summed E-state index contributed by atoms with van der Waals surface area (Å²) in [6.45, 7) is 4.32. The third-order valence-electron chi connectivity index (χ3n) is 3.88. The minimum atomic E-state index is -0.432. The Balaban J connectivity index is 1.86. The molecule has 1 heterocycles. The summed E-state index contributed by atoms with van der Waals surface area (Å²) in [7, 11) is 1.76. The van der Waals surface area contributed by atoms with Crippen molar-refractivity contribution in [1.82, 2.24) is 9.80 Å². The van der Waals surface area contributed by atoms with E-state index >= 15 is 0 Å². The van der Waals surface area contributed by atoms with Crippen LogP contribution in [0.5, 0.6) is 0 Å². The highest BCUT2D eigenvalue weighted by Gasteiger charge is 2.23. The summed E-state index contributed by atoms with van der Waals surface area (Å²) in [5, 5.41) is 3.37. The number of halogens is 1. The zero-order valence-corrected chi connectivity index (χ0v) is 14.2. The molecule has 1 aliphatic rings. The first-order valence-electron chi connectivity index (χ1n) is 7.59. The average molecular weight is 340 g/mol. The van der Waals surface area contributed by atoms with Crippen LogP contribution >= 0.6 is 11.6 Å². The van der Waals surface area contributed by atoms with Gasteiger partial charge in [-0.2, -0.15) is 0 Å². The molecular formula is C16H22ClN3O3. The largest absolute Gasteiger partial charge is 0.378 e. The molecule has 0 aliphatic carbocycles. The predicted molar refractivity (Wildman–Crippen MR) is 89.6 cm³/mol. The highest BCUT2D eigenvalue weighted by Crippen LogP contribution is 2.15. The number of ether oxygens (including phenoxy) is 1. The Labute approximate surface area is 141 Å². The van der Waals surface area contributed by atoms with Crippen molar-refractivity contribution in [2.45, 2.75) is 13.0 Å². The first-order chi connectivity index (χ1) is 11.0. The number of nitrogens with zero attached hydrogens (tertiary/aromatic N) is 2. The van der Waals surface area contributed by atoms with Crippen LogP contribution in [-0.2, 0) is 14.3 Å². The topological polar surface area (TPSA) is 61.9 Å². The first-order valence-corrected chi connectivity index (χ1v) is 7.97. The number of morpholine rings is 1. The number of carbonyl (C=O) groups is 2. The normalized spacial score (nSPS) is 16.3. The summed E-state index contributed by atoms with van der Waals surface area (Å²) in [6, 6.07) is 6.54. The minimum Gasteiger partial charge on any atom is -0.378 e. The molecule has 1 aromatic carbocycles. The summed E-state index contributed by atoms with van der Waals surface area (Å²) < 4.78 is 5.23. The van der Waals surface area contributed by atoms with Crippen molar-refractivity contribution in [2.24, 2.45) is 0 Å². The molecule has 1 fully saturated rings. The van der Waals surface area contributed by atoms with E-state index in [1.807, 2.05) is 0 Å². The number of nitrogens with one attached hydrogen (secondary N) is 1. The average Bonchev–Trinajstić information content (AvgIpc) is 2.54. The maximum atomic E-state index is 12.3. The molecule has 0 bridgehead atoms. The number of likely N-dealkylation sites (N-methyl/N-ethyl adjacent to an activating group) is 1. The van der Waals surface area contributed by atoms with E-state index in [0.717, 1.165) is 0 Å². The monoisotopic (exact) mass is 339 g/mol. The number of carbonyl (C=O) groups excluding carboxylic acids is 2. The summed E-state index contributed by atoms with van der Waals surface area (Å²) in [5.74, 6) is -0.164. The number of rotatable bonds is 5. The Kier molecular flexibility index (Phi) is 6.38. The van der Waals surface area contributed by atoms with E-state index in [1.165, 1.54) is 0 Å². The van der Waals surface area contributed by atoms with Crippen LogP contribution < -0.4 is 5.32 Å². The molecule has 0 saturated carbocycles. The van der Waals surface area contributed by atoms with Gasteiger partial charge >= 0.3 is 0 Å². The highest BCUT2D eigenvalue weighted by atomic mass is 35.5. The van der Waals surface area contributed by atoms with Gasteiger partial charge in [-0.1, -0.05) is 17.7 Å². The predicted octanol–water partition coefficient (Wildman–Crippen LogP) is 1.46. The minimum absolute atomic E-state index is 0.0122. The number of hydrogen-bond acceptors (Lipinski definition) is 4. The fourth-order valence-corrected chi connectivity index (χ4v) is 2.47. The van der Waals surface area contributed by atoms with Crippen LogP contribution in [0.1, 0.15) is 6.92 Å². The standard InChI is InChI=1S/C16H22ClN3O3/c1-12(16(22)18-14-5-3-4-13(17)10-14)19(2)11-15(21)20-6-8-23-9-7-20/h3-5,10,12H,6-9,11H2,1-2H3,(H,18,22)/t12-/m0/s1. The second-order valence-electron chi connectivity index (χ2n) is 5.58. The molecule has 2 amide bonds. The van der Waals surface area contributed by atoms with Crippen molar-refractivity contribution in [3.8, 4) is 0 Å². The molecule has 2 rings (SSSR count). The van der Waals surface area contributed by atoms with Crippen LogP contribution in [0.2, 0.25) is 5.02 Å². The van der Waals surface area contributed by atoms with Gasteiger partial charge in [0.2, 0.25) is 11.8 Å². The lowest BCUT2D eigenvalue weighted by atomic mass is 10.2. The van der Waals surface area contributed by atoms with Gasteiger partial charge in [0.25, 0.3) is 0 Å². The lowest BCUT2D eigenvalue weighted by Crippen LogP contribution is -2.48. The van der Waals surface area contributed by atoms with E-state index in [4.69, 9.17) is 16.3 Å². The molecule has 1 aromatic rings. The molecule has 0 unspecified atom stereocenters. The molecule has 1 atom stereocenters. The van der Waals surface area contributed by atoms with E-state index in [9.17, 15) is 9.59 Å². The zero-order chi connectivity index (χ0) is 16.8. The first kappa shape index (κ1) is 17.7. The Morgan fingerprint density at radius 2 is 2.09 bits per heavy atom. The van der Waals surface area contributed by atoms with E-state index in [1.54, 1.807) is 48.0 Å². The van der Waals surface area contributed by atoms with Gasteiger partial charge in [0, 0.05) is 23.8 Å². The third-order valence-corrected chi connectivity index (χ3v) is 4.12. The summed E-state index contributed by atoms with van der Waals surface area (Å²) in [6.07, 6.45) is 0. The van der Waals surface area contributed by atoms with Crippen molar-refractivity contribution >= 4 is 29.1 Å². The van der Waals surface area contributed by atoms with Crippen LogP contribution in [-0.4, -0.2) is 67.6 Å². The number of anilines is 1. The van der Waals surface area contributed by atoms with E-state index < -0.39 is 6.04 Å². The van der Waals surface area contributed by atoms with Crippen LogP contribution in [0, 0.1) is 0 Å². The molecule has 126 valence electrons. The van der Waals surface area contributed by atoms with Crippen LogP contribution in [0.15, 0.2) is 24.3 Å². The van der Waals surface area contributed by atoms with Crippen molar-refractivity contribution in [1.29, 1.82) is 0 Å². The van der Waals surface area contributed by atoms with Crippen molar-refractivity contribution in [2.75, 3.05) is 45.2 Å². The number of hydrogen-bond donors (Lipinski definition) is 1. The highest BCUT2D eigenvalue weighted by molar-refractivity contribution is 6.30. The van der Waals surface area contributed by atoms with Gasteiger partial charge in [0.15, 0.2) is 0 Å². The van der Waals surface area contributed by atoms with Gasteiger partial charge < -0.3 is 15.0 Å². The fraction of sp³-hybridized carbons (Fsp3) is 0.500. The maximum absolute atomic E-state index is 12.3. The second-order valence-corrected chi connectivity index (χ2v) is 6.02. The van der Waals surface area contributed by atoms with Crippen molar-refractivity contribution < 1.29 is 14.3 Å². The second kappa shape index (κ2) is 8.29. The smallest absolute Gasteiger partial charge is 0.241 e. The summed E-state index contributed by atoms with van der Waals surface area (Å²) in [4.78, 5) is 28.0. The van der Waals surface area contributed by atoms with Crippen LogP contribution in [0.25, 0.3) is 0 Å². The van der Waals surface area contributed by atoms with E-state index in [-0.39, 0.29) is 18.4 Å². The molecule has 23 heavy (non-hydrogen) atoms. The third kappa shape index (κ3) is 5.20. The number of benzene rings is 1. The Hall–Kier alpha value is -1.63.